The van der Waals surface area contributed by atoms with Crippen LogP contribution >= 0.6 is 0 Å². The Kier molecular flexibility index (Phi) is 4.94. The number of piperidine rings is 1. The highest BCUT2D eigenvalue weighted by atomic mass is 32.2. The fourth-order valence-corrected chi connectivity index (χ4v) is 5.15. The van der Waals surface area contributed by atoms with E-state index in [1.807, 2.05) is 13.8 Å². The second-order valence-electron chi connectivity index (χ2n) is 6.48. The van der Waals surface area contributed by atoms with Crippen LogP contribution in [0.2, 0.25) is 0 Å². The average molecular weight is 338 g/mol. The molecule has 2 unspecified atom stereocenters. The lowest BCUT2D eigenvalue weighted by Crippen LogP contribution is -2.46. The molecule has 3 rings (SSSR count). The molecule has 23 heavy (non-hydrogen) atoms. The van der Waals surface area contributed by atoms with Gasteiger partial charge in [0.05, 0.1) is 11.5 Å². The van der Waals surface area contributed by atoms with Crippen molar-refractivity contribution < 1.29 is 13.2 Å². The van der Waals surface area contributed by atoms with Crippen LogP contribution in [0.1, 0.15) is 38.2 Å². The first-order valence-electron chi connectivity index (χ1n) is 8.51. The van der Waals surface area contributed by atoms with E-state index in [9.17, 15) is 8.42 Å². The number of aryl methyl sites for hydroxylation is 1. The van der Waals surface area contributed by atoms with Gasteiger partial charge >= 0.3 is 0 Å². The molecule has 2 atom stereocenters. The Bertz CT molecular complexity index is 660. The van der Waals surface area contributed by atoms with Crippen LogP contribution in [0.15, 0.2) is 23.1 Å². The number of nitrogens with one attached hydrogen (secondary N) is 1. The molecule has 0 aromatic heterocycles. The monoisotopic (exact) mass is 338 g/mol. The summed E-state index contributed by atoms with van der Waals surface area (Å²) < 4.78 is 33.9. The van der Waals surface area contributed by atoms with Crippen molar-refractivity contribution in [2.45, 2.75) is 56.5 Å². The van der Waals surface area contributed by atoms with E-state index in [2.05, 4.69) is 9.62 Å². The summed E-state index contributed by atoms with van der Waals surface area (Å²) >= 11 is 0. The predicted molar refractivity (Wildman–Crippen MR) is 90.3 cm³/mol. The maximum Gasteiger partial charge on any atom is 0.240 e. The van der Waals surface area contributed by atoms with Crippen molar-refractivity contribution in [3.8, 4) is 5.75 Å². The molecule has 6 heteroatoms. The number of hydrogen-bond donors (Lipinski definition) is 1. The first kappa shape index (κ1) is 16.7. The summed E-state index contributed by atoms with van der Waals surface area (Å²) in [5.74, 6) is 0.741. The zero-order chi connectivity index (χ0) is 16.4. The maximum atomic E-state index is 12.7. The number of benzene rings is 1. The zero-order valence-electron chi connectivity index (χ0n) is 13.9. The van der Waals surface area contributed by atoms with E-state index in [0.717, 1.165) is 37.2 Å². The number of fused-ring (bicyclic) bond motifs is 1. The summed E-state index contributed by atoms with van der Waals surface area (Å²) in [5.41, 5.74) is 0.848. The highest BCUT2D eigenvalue weighted by Gasteiger charge is 2.37. The smallest absolute Gasteiger partial charge is 0.240 e. The summed E-state index contributed by atoms with van der Waals surface area (Å²) in [6.07, 6.45) is 4.42. The van der Waals surface area contributed by atoms with Gasteiger partial charge in [0, 0.05) is 18.6 Å². The third-order valence-corrected chi connectivity index (χ3v) is 6.41. The second-order valence-corrected chi connectivity index (χ2v) is 8.19. The number of ether oxygens (including phenoxy) is 1. The first-order chi connectivity index (χ1) is 11.0. The van der Waals surface area contributed by atoms with Crippen LogP contribution in [-0.2, 0) is 10.0 Å². The van der Waals surface area contributed by atoms with Crippen molar-refractivity contribution in [1.82, 2.24) is 9.62 Å². The van der Waals surface area contributed by atoms with Gasteiger partial charge in [-0.2, -0.15) is 0 Å². The summed E-state index contributed by atoms with van der Waals surface area (Å²) in [6.45, 7) is 6.47. The molecule has 0 amide bonds. The number of rotatable bonds is 5. The SMILES string of the molecule is CCOc1ccc(S(=O)(=O)NC2CCN3CCCCC23)cc1C. The van der Waals surface area contributed by atoms with Crippen LogP contribution in [0.5, 0.6) is 5.75 Å². The Balaban J connectivity index is 1.75. The van der Waals surface area contributed by atoms with Gasteiger partial charge in [-0.05, 0) is 63.4 Å². The molecule has 2 fully saturated rings. The van der Waals surface area contributed by atoms with Crippen LogP contribution in [0.25, 0.3) is 0 Å². The standard InChI is InChI=1S/C17H26N2O3S/c1-3-22-17-8-7-14(12-13(17)2)23(20,21)18-15-9-11-19-10-5-4-6-16(15)19/h7-8,12,15-16,18H,3-6,9-11H2,1-2H3. The highest BCUT2D eigenvalue weighted by molar-refractivity contribution is 7.89. The van der Waals surface area contributed by atoms with E-state index in [-0.39, 0.29) is 6.04 Å². The van der Waals surface area contributed by atoms with Crippen molar-refractivity contribution in [2.24, 2.45) is 0 Å². The fraction of sp³-hybridized carbons (Fsp3) is 0.647. The number of sulfonamides is 1. The Labute approximate surface area is 139 Å². The Morgan fingerprint density at radius 2 is 2.09 bits per heavy atom. The van der Waals surface area contributed by atoms with Crippen molar-refractivity contribution in [3.63, 3.8) is 0 Å². The van der Waals surface area contributed by atoms with Gasteiger partial charge in [-0.1, -0.05) is 6.42 Å². The minimum absolute atomic E-state index is 0.0344. The van der Waals surface area contributed by atoms with Gasteiger partial charge in [-0.25, -0.2) is 13.1 Å². The topological polar surface area (TPSA) is 58.6 Å². The van der Waals surface area contributed by atoms with Crippen LogP contribution in [0.4, 0.5) is 0 Å². The lowest BCUT2D eigenvalue weighted by molar-refractivity contribution is 0.186. The molecule has 1 N–H and O–H groups in total. The average Bonchev–Trinajstić information content (AvgIpc) is 2.92. The van der Waals surface area contributed by atoms with Gasteiger partial charge in [-0.3, -0.25) is 4.90 Å². The molecular weight excluding hydrogens is 312 g/mol. The minimum atomic E-state index is -3.48. The zero-order valence-corrected chi connectivity index (χ0v) is 14.7. The second kappa shape index (κ2) is 6.79. The molecule has 128 valence electrons. The van der Waals surface area contributed by atoms with E-state index in [0.29, 0.717) is 17.5 Å². The predicted octanol–water partition coefficient (Wildman–Crippen LogP) is 2.30. The van der Waals surface area contributed by atoms with Crippen LogP contribution in [0, 0.1) is 6.92 Å². The van der Waals surface area contributed by atoms with Gasteiger partial charge < -0.3 is 4.74 Å². The molecule has 5 nitrogen and oxygen atoms in total. The molecule has 2 aliphatic rings. The van der Waals surface area contributed by atoms with Crippen LogP contribution < -0.4 is 9.46 Å². The lowest BCUT2D eigenvalue weighted by atomic mass is 10.00. The summed E-state index contributed by atoms with van der Waals surface area (Å²) in [7, 11) is -3.48. The fourth-order valence-electron chi connectivity index (χ4n) is 3.76. The Morgan fingerprint density at radius 3 is 2.83 bits per heavy atom. The third kappa shape index (κ3) is 3.54. The summed E-state index contributed by atoms with van der Waals surface area (Å²) in [6, 6.07) is 5.47. The van der Waals surface area contributed by atoms with Gasteiger partial charge in [0.2, 0.25) is 10.0 Å². The quantitative estimate of drug-likeness (QED) is 0.895. The number of nitrogens with zero attached hydrogens (tertiary/aromatic N) is 1. The van der Waals surface area contributed by atoms with Gasteiger partial charge in [0.25, 0.3) is 0 Å². The normalized spacial score (nSPS) is 25.3. The van der Waals surface area contributed by atoms with Crippen molar-refractivity contribution in [3.05, 3.63) is 23.8 Å². The molecule has 0 spiro atoms. The highest BCUT2D eigenvalue weighted by Crippen LogP contribution is 2.29. The first-order valence-corrected chi connectivity index (χ1v) is 9.99. The van der Waals surface area contributed by atoms with E-state index >= 15 is 0 Å². The van der Waals surface area contributed by atoms with Crippen molar-refractivity contribution >= 4 is 10.0 Å². The van der Waals surface area contributed by atoms with Gasteiger partial charge in [0.15, 0.2) is 0 Å². The van der Waals surface area contributed by atoms with E-state index in [4.69, 9.17) is 4.74 Å². The lowest BCUT2D eigenvalue weighted by Gasteiger charge is -2.32. The molecule has 2 saturated heterocycles. The van der Waals surface area contributed by atoms with Crippen molar-refractivity contribution in [2.75, 3.05) is 19.7 Å². The summed E-state index contributed by atoms with van der Waals surface area (Å²) in [4.78, 5) is 2.76. The molecular formula is C17H26N2O3S. The van der Waals surface area contributed by atoms with Crippen LogP contribution in [0.3, 0.4) is 0 Å². The van der Waals surface area contributed by atoms with Gasteiger partial charge in [0.1, 0.15) is 5.75 Å². The molecule has 0 bridgehead atoms. The number of hydrogen-bond acceptors (Lipinski definition) is 4. The molecule has 1 aromatic rings. The van der Waals surface area contributed by atoms with Crippen LogP contribution in [-0.4, -0.2) is 45.1 Å². The molecule has 2 aliphatic heterocycles. The Hall–Kier alpha value is -1.11. The van der Waals surface area contributed by atoms with Crippen molar-refractivity contribution in [1.29, 1.82) is 0 Å². The minimum Gasteiger partial charge on any atom is -0.494 e. The third-order valence-electron chi connectivity index (χ3n) is 4.92. The molecule has 1 aromatic carbocycles. The van der Waals surface area contributed by atoms with E-state index < -0.39 is 10.0 Å². The molecule has 0 saturated carbocycles. The molecule has 0 radical (unpaired) electrons. The maximum absolute atomic E-state index is 12.7. The molecule has 0 aliphatic carbocycles. The Morgan fingerprint density at radius 1 is 1.26 bits per heavy atom. The van der Waals surface area contributed by atoms with E-state index in [1.165, 1.54) is 12.8 Å². The summed E-state index contributed by atoms with van der Waals surface area (Å²) in [5, 5.41) is 0. The molecule has 2 heterocycles. The largest absolute Gasteiger partial charge is 0.494 e. The van der Waals surface area contributed by atoms with Gasteiger partial charge in [-0.15, -0.1) is 0 Å². The van der Waals surface area contributed by atoms with E-state index in [1.54, 1.807) is 18.2 Å².